The summed E-state index contributed by atoms with van der Waals surface area (Å²) in [6, 6.07) is 9.40. The topological polar surface area (TPSA) is 24.5 Å². The van der Waals surface area contributed by atoms with Gasteiger partial charge >= 0.3 is 0 Å². The molecular weight excluding hydrogens is 236 g/mol. The Bertz CT molecular complexity index is 364. The highest BCUT2D eigenvalue weighted by atomic mass is 16.5. The van der Waals surface area contributed by atoms with Crippen LogP contribution >= 0.6 is 0 Å². The highest BCUT2D eigenvalue weighted by Crippen LogP contribution is 2.15. The first-order chi connectivity index (χ1) is 9.33. The molecule has 0 bridgehead atoms. The highest BCUT2D eigenvalue weighted by molar-refractivity contribution is 5.21. The highest BCUT2D eigenvalue weighted by Gasteiger charge is 2.21. The fourth-order valence-electron chi connectivity index (χ4n) is 2.85. The summed E-state index contributed by atoms with van der Waals surface area (Å²) in [4.78, 5) is 2.58. The second kappa shape index (κ2) is 7.63. The summed E-state index contributed by atoms with van der Waals surface area (Å²) in [6.45, 7) is 7.47. The third kappa shape index (κ3) is 4.30. The first kappa shape index (κ1) is 14.5. The molecular formula is C16H26N2O. The van der Waals surface area contributed by atoms with Crippen molar-refractivity contribution in [1.29, 1.82) is 0 Å². The van der Waals surface area contributed by atoms with Crippen molar-refractivity contribution >= 4 is 0 Å². The fraction of sp³-hybridized carbons (Fsp3) is 0.625. The van der Waals surface area contributed by atoms with Crippen LogP contribution in [-0.2, 0) is 17.9 Å². The Kier molecular flexibility index (Phi) is 5.83. The van der Waals surface area contributed by atoms with Gasteiger partial charge in [-0.2, -0.15) is 0 Å². The lowest BCUT2D eigenvalue weighted by Gasteiger charge is -2.23. The molecule has 3 nitrogen and oxygen atoms in total. The Labute approximate surface area is 116 Å². The molecule has 19 heavy (non-hydrogen) atoms. The zero-order valence-electron chi connectivity index (χ0n) is 12.2. The van der Waals surface area contributed by atoms with E-state index in [2.05, 4.69) is 41.4 Å². The molecule has 0 saturated carbocycles. The standard InChI is InChI=1S/C16H26N2O/c1-3-18-10-4-5-16(18)12-17-11-14-6-8-15(9-7-14)13-19-2/h6-9,16-17H,3-5,10-13H2,1-2H3. The van der Waals surface area contributed by atoms with Crippen molar-refractivity contribution in [3.63, 3.8) is 0 Å². The maximum atomic E-state index is 5.12. The number of likely N-dealkylation sites (tertiary alicyclic amines) is 1. The van der Waals surface area contributed by atoms with Gasteiger partial charge in [0.2, 0.25) is 0 Å². The number of methoxy groups -OCH3 is 1. The van der Waals surface area contributed by atoms with Crippen molar-refractivity contribution in [2.45, 2.75) is 39.0 Å². The molecule has 0 spiro atoms. The molecule has 1 unspecified atom stereocenters. The van der Waals surface area contributed by atoms with Crippen molar-refractivity contribution < 1.29 is 4.74 Å². The maximum Gasteiger partial charge on any atom is 0.0713 e. The largest absolute Gasteiger partial charge is 0.380 e. The molecule has 106 valence electrons. The van der Waals surface area contributed by atoms with Gasteiger partial charge in [0.15, 0.2) is 0 Å². The van der Waals surface area contributed by atoms with Gasteiger partial charge in [-0.15, -0.1) is 0 Å². The molecule has 2 rings (SSSR count). The van der Waals surface area contributed by atoms with Gasteiger partial charge in [-0.1, -0.05) is 31.2 Å². The summed E-state index contributed by atoms with van der Waals surface area (Å²) in [5, 5.41) is 3.59. The second-order valence-corrected chi connectivity index (χ2v) is 5.31. The molecule has 1 heterocycles. The molecule has 1 saturated heterocycles. The molecule has 1 aliphatic rings. The van der Waals surface area contributed by atoms with Crippen molar-refractivity contribution in [1.82, 2.24) is 10.2 Å². The van der Waals surface area contributed by atoms with E-state index in [1.165, 1.54) is 37.1 Å². The molecule has 1 aromatic carbocycles. The van der Waals surface area contributed by atoms with Gasteiger partial charge in [-0.3, -0.25) is 4.90 Å². The van der Waals surface area contributed by atoms with E-state index in [0.29, 0.717) is 6.61 Å². The molecule has 1 fully saturated rings. The Morgan fingerprint density at radius 1 is 1.26 bits per heavy atom. The Morgan fingerprint density at radius 3 is 2.68 bits per heavy atom. The van der Waals surface area contributed by atoms with Crippen LogP contribution in [0.5, 0.6) is 0 Å². The second-order valence-electron chi connectivity index (χ2n) is 5.31. The summed E-state index contributed by atoms with van der Waals surface area (Å²) in [5.74, 6) is 0. The summed E-state index contributed by atoms with van der Waals surface area (Å²) >= 11 is 0. The molecule has 0 amide bonds. The van der Waals surface area contributed by atoms with Crippen LogP contribution in [0.2, 0.25) is 0 Å². The first-order valence-electron chi connectivity index (χ1n) is 7.35. The molecule has 0 radical (unpaired) electrons. The Balaban J connectivity index is 1.73. The lowest BCUT2D eigenvalue weighted by atomic mass is 10.1. The van der Waals surface area contributed by atoms with Gasteiger partial charge in [-0.25, -0.2) is 0 Å². The maximum absolute atomic E-state index is 5.12. The zero-order valence-corrected chi connectivity index (χ0v) is 12.2. The average Bonchev–Trinajstić information content (AvgIpc) is 2.88. The van der Waals surface area contributed by atoms with Gasteiger partial charge < -0.3 is 10.1 Å². The van der Waals surface area contributed by atoms with Crippen LogP contribution in [0.1, 0.15) is 30.9 Å². The molecule has 1 N–H and O–H groups in total. The van der Waals surface area contributed by atoms with Crippen LogP contribution in [-0.4, -0.2) is 37.7 Å². The van der Waals surface area contributed by atoms with Crippen LogP contribution in [0.25, 0.3) is 0 Å². The van der Waals surface area contributed by atoms with E-state index in [1.54, 1.807) is 7.11 Å². The number of nitrogens with one attached hydrogen (secondary N) is 1. The van der Waals surface area contributed by atoms with E-state index >= 15 is 0 Å². The average molecular weight is 262 g/mol. The smallest absolute Gasteiger partial charge is 0.0713 e. The van der Waals surface area contributed by atoms with Crippen LogP contribution in [0, 0.1) is 0 Å². The zero-order chi connectivity index (χ0) is 13.5. The van der Waals surface area contributed by atoms with E-state index < -0.39 is 0 Å². The van der Waals surface area contributed by atoms with Crippen LogP contribution in [0.15, 0.2) is 24.3 Å². The number of hydrogen-bond acceptors (Lipinski definition) is 3. The monoisotopic (exact) mass is 262 g/mol. The predicted octanol–water partition coefficient (Wildman–Crippen LogP) is 2.41. The van der Waals surface area contributed by atoms with Crippen LogP contribution in [0.3, 0.4) is 0 Å². The van der Waals surface area contributed by atoms with Crippen LogP contribution < -0.4 is 5.32 Å². The minimum Gasteiger partial charge on any atom is -0.380 e. The van der Waals surface area contributed by atoms with Gasteiger partial charge in [0.1, 0.15) is 0 Å². The summed E-state index contributed by atoms with van der Waals surface area (Å²) in [7, 11) is 1.73. The Hall–Kier alpha value is -0.900. The summed E-state index contributed by atoms with van der Waals surface area (Å²) in [5.41, 5.74) is 2.58. The Morgan fingerprint density at radius 2 is 2.00 bits per heavy atom. The van der Waals surface area contributed by atoms with Crippen molar-refractivity contribution in [2.75, 3.05) is 26.7 Å². The number of likely N-dealkylation sites (N-methyl/N-ethyl adjacent to an activating group) is 1. The lowest BCUT2D eigenvalue weighted by Crippen LogP contribution is -2.37. The molecule has 0 aliphatic carbocycles. The van der Waals surface area contributed by atoms with E-state index in [4.69, 9.17) is 4.74 Å². The minimum atomic E-state index is 0.696. The third-order valence-corrected chi connectivity index (χ3v) is 3.95. The summed E-state index contributed by atoms with van der Waals surface area (Å²) < 4.78 is 5.12. The van der Waals surface area contributed by atoms with E-state index in [-0.39, 0.29) is 0 Å². The first-order valence-corrected chi connectivity index (χ1v) is 7.35. The van der Waals surface area contributed by atoms with Crippen LogP contribution in [0.4, 0.5) is 0 Å². The third-order valence-electron chi connectivity index (χ3n) is 3.95. The van der Waals surface area contributed by atoms with Crippen molar-refractivity contribution in [3.05, 3.63) is 35.4 Å². The molecule has 1 aliphatic heterocycles. The lowest BCUT2D eigenvalue weighted by molar-refractivity contribution is 0.185. The van der Waals surface area contributed by atoms with Crippen molar-refractivity contribution in [3.8, 4) is 0 Å². The van der Waals surface area contributed by atoms with Gasteiger partial charge in [0, 0.05) is 26.2 Å². The molecule has 0 aromatic heterocycles. The van der Waals surface area contributed by atoms with Crippen molar-refractivity contribution in [2.24, 2.45) is 0 Å². The predicted molar refractivity (Wildman–Crippen MR) is 79.1 cm³/mol. The van der Waals surface area contributed by atoms with Gasteiger partial charge in [0.25, 0.3) is 0 Å². The van der Waals surface area contributed by atoms with E-state index in [0.717, 1.165) is 19.1 Å². The molecule has 1 atom stereocenters. The minimum absolute atomic E-state index is 0.696. The number of benzene rings is 1. The fourth-order valence-corrected chi connectivity index (χ4v) is 2.85. The number of ether oxygens (including phenoxy) is 1. The summed E-state index contributed by atoms with van der Waals surface area (Å²) in [6.07, 6.45) is 2.69. The number of nitrogens with zero attached hydrogens (tertiary/aromatic N) is 1. The van der Waals surface area contributed by atoms with E-state index in [1.807, 2.05) is 0 Å². The molecule has 1 aromatic rings. The number of hydrogen-bond donors (Lipinski definition) is 1. The SMILES string of the molecule is CCN1CCCC1CNCc1ccc(COC)cc1. The van der Waals surface area contributed by atoms with Gasteiger partial charge in [0.05, 0.1) is 6.61 Å². The van der Waals surface area contributed by atoms with Gasteiger partial charge in [-0.05, 0) is 37.1 Å². The van der Waals surface area contributed by atoms with E-state index in [9.17, 15) is 0 Å². The quantitative estimate of drug-likeness (QED) is 0.816. The normalized spacial score (nSPS) is 20.0. The number of rotatable bonds is 7. The molecule has 3 heteroatoms.